The van der Waals surface area contributed by atoms with Gasteiger partial charge in [0.15, 0.2) is 0 Å². The average molecular weight is 511 g/mol. The highest BCUT2D eigenvalue weighted by Crippen LogP contribution is 2.74. The molecule has 0 nitrogen and oxygen atoms in total. The van der Waals surface area contributed by atoms with Crippen LogP contribution >= 0.6 is 0 Å². The SMILES string of the molecule is C#Cc1ccc(/C=C2\c3cccc(C)c3C(=C)C3=C(C)[C@@]4(C)C(=C)C(C(=C)C)=C(C)C[C@@]4(C)[C@H](C)[C@]32C)cc1. The minimum absolute atomic E-state index is 0.0382. The van der Waals surface area contributed by atoms with Crippen molar-refractivity contribution in [3.8, 4) is 12.3 Å². The van der Waals surface area contributed by atoms with Crippen LogP contribution in [0.5, 0.6) is 0 Å². The number of hydrogen-bond acceptors (Lipinski definition) is 0. The van der Waals surface area contributed by atoms with Gasteiger partial charge < -0.3 is 0 Å². The van der Waals surface area contributed by atoms with E-state index in [4.69, 9.17) is 19.6 Å². The second kappa shape index (κ2) is 8.72. The fourth-order valence-corrected chi connectivity index (χ4v) is 8.70. The van der Waals surface area contributed by atoms with Crippen LogP contribution in [0.1, 0.15) is 82.7 Å². The fourth-order valence-electron chi connectivity index (χ4n) is 8.70. The lowest BCUT2D eigenvalue weighted by atomic mass is 9.37. The smallest absolute Gasteiger partial charge is 0.0243 e. The van der Waals surface area contributed by atoms with Crippen molar-refractivity contribution in [1.29, 1.82) is 0 Å². The van der Waals surface area contributed by atoms with Gasteiger partial charge in [-0.2, -0.15) is 0 Å². The average Bonchev–Trinajstić information content (AvgIpc) is 2.88. The molecule has 0 spiro atoms. The molecule has 39 heavy (non-hydrogen) atoms. The van der Waals surface area contributed by atoms with Crippen molar-refractivity contribution in [2.75, 3.05) is 0 Å². The highest BCUT2D eigenvalue weighted by molar-refractivity contribution is 6.02. The van der Waals surface area contributed by atoms with Crippen molar-refractivity contribution < 1.29 is 0 Å². The lowest BCUT2D eigenvalue weighted by Crippen LogP contribution is -2.57. The zero-order valence-corrected chi connectivity index (χ0v) is 25.1. The van der Waals surface area contributed by atoms with E-state index in [0.29, 0.717) is 5.92 Å². The summed E-state index contributed by atoms with van der Waals surface area (Å²) >= 11 is 0. The number of terminal acetylenes is 1. The molecule has 0 radical (unpaired) electrons. The fraction of sp³-hybridized carbons (Fsp3) is 0.333. The maximum absolute atomic E-state index is 5.66. The van der Waals surface area contributed by atoms with Gasteiger partial charge in [0.05, 0.1) is 0 Å². The molecule has 0 amide bonds. The van der Waals surface area contributed by atoms with Gasteiger partial charge in [-0.3, -0.25) is 0 Å². The quantitative estimate of drug-likeness (QED) is 0.353. The van der Waals surface area contributed by atoms with Crippen LogP contribution in [0.3, 0.4) is 0 Å². The summed E-state index contributed by atoms with van der Waals surface area (Å²) in [6.07, 6.45) is 9.08. The molecule has 0 aliphatic heterocycles. The summed E-state index contributed by atoms with van der Waals surface area (Å²) in [7, 11) is 0. The Labute approximate surface area is 236 Å². The van der Waals surface area contributed by atoms with Gasteiger partial charge in [0.25, 0.3) is 0 Å². The molecule has 2 aromatic rings. The van der Waals surface area contributed by atoms with Crippen LogP contribution in [-0.2, 0) is 0 Å². The van der Waals surface area contributed by atoms with Crippen LogP contribution < -0.4 is 0 Å². The minimum atomic E-state index is -0.234. The zero-order chi connectivity index (χ0) is 28.7. The molecule has 0 heteroatoms. The second-order valence-electron chi connectivity index (χ2n) is 12.9. The standard InChI is InChI=1S/C39H42/c1-13-30-17-19-31(20-18-30)21-33-32-16-14-15-24(4)35(32)26(6)36-28(8)39(12)27(7)34(23(2)3)25(5)22-37(39,10)29(9)38(33,36)11/h1,14-21,29H,2,6-7,22H2,3-5,8-12H3/b33-21+/t29-,37-,38-,39+/m0/s1. The van der Waals surface area contributed by atoms with E-state index in [1.165, 1.54) is 55.7 Å². The summed E-state index contributed by atoms with van der Waals surface area (Å²) in [5.41, 5.74) is 15.7. The molecule has 0 saturated heterocycles. The Morgan fingerprint density at radius 2 is 1.67 bits per heavy atom. The topological polar surface area (TPSA) is 0 Å². The Kier molecular flexibility index (Phi) is 6.05. The van der Waals surface area contributed by atoms with Crippen LogP contribution in [-0.4, -0.2) is 0 Å². The molecular weight excluding hydrogens is 468 g/mol. The molecule has 3 aliphatic carbocycles. The summed E-state index contributed by atoms with van der Waals surface area (Å²) in [5.74, 6) is 3.07. The Morgan fingerprint density at radius 3 is 2.26 bits per heavy atom. The molecule has 0 aromatic heterocycles. The van der Waals surface area contributed by atoms with Crippen LogP contribution in [0, 0.1) is 41.4 Å². The van der Waals surface area contributed by atoms with Crippen molar-refractivity contribution in [1.82, 2.24) is 0 Å². The molecule has 0 N–H and O–H groups in total. The van der Waals surface area contributed by atoms with Crippen molar-refractivity contribution in [2.45, 2.75) is 61.8 Å². The van der Waals surface area contributed by atoms with E-state index in [1.54, 1.807) is 0 Å². The number of benzene rings is 2. The summed E-state index contributed by atoms with van der Waals surface area (Å²) in [5, 5.41) is 0. The number of rotatable bonds is 2. The molecular formula is C39H42. The molecule has 4 atom stereocenters. The molecule has 0 fully saturated rings. The minimum Gasteiger partial charge on any atom is -0.115 e. The molecule has 5 rings (SSSR count). The van der Waals surface area contributed by atoms with Gasteiger partial charge in [0.2, 0.25) is 0 Å². The third kappa shape index (κ3) is 3.32. The van der Waals surface area contributed by atoms with E-state index in [-0.39, 0.29) is 16.2 Å². The van der Waals surface area contributed by atoms with Crippen LogP contribution in [0.25, 0.3) is 17.2 Å². The Balaban J connectivity index is 1.90. The molecule has 3 aliphatic rings. The number of aryl methyl sites for hydroxylation is 1. The molecule has 2 aromatic carbocycles. The first kappa shape index (κ1) is 27.0. The zero-order valence-electron chi connectivity index (χ0n) is 25.1. The summed E-state index contributed by atoms with van der Waals surface area (Å²) in [6.45, 7) is 32.8. The molecule has 0 unspecified atom stereocenters. The third-order valence-electron chi connectivity index (χ3n) is 11.1. The van der Waals surface area contributed by atoms with Gasteiger partial charge in [0.1, 0.15) is 0 Å². The molecule has 0 heterocycles. The van der Waals surface area contributed by atoms with E-state index in [9.17, 15) is 0 Å². The Morgan fingerprint density at radius 1 is 1.03 bits per heavy atom. The van der Waals surface area contributed by atoms with Crippen LogP contribution in [0.2, 0.25) is 0 Å². The van der Waals surface area contributed by atoms with Crippen LogP contribution in [0.4, 0.5) is 0 Å². The van der Waals surface area contributed by atoms with E-state index in [2.05, 4.69) is 104 Å². The largest absolute Gasteiger partial charge is 0.115 e. The van der Waals surface area contributed by atoms with Crippen LogP contribution in [0.15, 0.2) is 95.6 Å². The number of allylic oxidation sites excluding steroid dienone is 8. The predicted octanol–water partition coefficient (Wildman–Crippen LogP) is 10.4. The van der Waals surface area contributed by atoms with Gasteiger partial charge in [-0.25, -0.2) is 0 Å². The summed E-state index contributed by atoms with van der Waals surface area (Å²) < 4.78 is 0. The lowest BCUT2D eigenvalue weighted by Gasteiger charge is -2.66. The summed E-state index contributed by atoms with van der Waals surface area (Å²) in [6, 6.07) is 15.1. The second-order valence-corrected chi connectivity index (χ2v) is 12.9. The normalized spacial score (nSPS) is 31.1. The van der Waals surface area contributed by atoms with E-state index in [0.717, 1.165) is 23.1 Å². The van der Waals surface area contributed by atoms with E-state index in [1.807, 2.05) is 12.1 Å². The highest BCUT2D eigenvalue weighted by atomic mass is 14.7. The van der Waals surface area contributed by atoms with Crippen molar-refractivity contribution in [3.05, 3.63) is 123 Å². The maximum Gasteiger partial charge on any atom is 0.0243 e. The number of fused-ring (bicyclic) bond motifs is 3. The summed E-state index contributed by atoms with van der Waals surface area (Å²) in [4.78, 5) is 0. The number of hydrogen-bond donors (Lipinski definition) is 0. The Hall–Kier alpha value is -3.56. The predicted molar refractivity (Wildman–Crippen MR) is 170 cm³/mol. The van der Waals surface area contributed by atoms with E-state index < -0.39 is 0 Å². The third-order valence-corrected chi connectivity index (χ3v) is 11.1. The van der Waals surface area contributed by atoms with Gasteiger partial charge in [-0.15, -0.1) is 6.42 Å². The molecule has 0 bridgehead atoms. The van der Waals surface area contributed by atoms with Gasteiger partial charge in [-0.05, 0) is 108 Å². The van der Waals surface area contributed by atoms with Gasteiger partial charge in [-0.1, -0.05) is 106 Å². The first-order valence-corrected chi connectivity index (χ1v) is 14.1. The molecule has 198 valence electrons. The Bertz CT molecular complexity index is 1600. The highest BCUT2D eigenvalue weighted by Gasteiger charge is 2.64. The van der Waals surface area contributed by atoms with Crippen molar-refractivity contribution >= 4 is 17.2 Å². The van der Waals surface area contributed by atoms with Gasteiger partial charge >= 0.3 is 0 Å². The maximum atomic E-state index is 5.66. The van der Waals surface area contributed by atoms with Crippen molar-refractivity contribution in [2.24, 2.45) is 22.2 Å². The first-order valence-electron chi connectivity index (χ1n) is 14.1. The lowest BCUT2D eigenvalue weighted by molar-refractivity contribution is 0.00638. The van der Waals surface area contributed by atoms with Crippen molar-refractivity contribution in [3.63, 3.8) is 0 Å². The molecule has 0 saturated carbocycles. The monoisotopic (exact) mass is 510 g/mol. The van der Waals surface area contributed by atoms with E-state index >= 15 is 0 Å². The first-order chi connectivity index (χ1) is 18.2. The van der Waals surface area contributed by atoms with Gasteiger partial charge in [0, 0.05) is 16.4 Å².